The van der Waals surface area contributed by atoms with E-state index in [4.69, 9.17) is 16.6 Å². The van der Waals surface area contributed by atoms with E-state index >= 15 is 0 Å². The summed E-state index contributed by atoms with van der Waals surface area (Å²) in [6, 6.07) is 8.18. The van der Waals surface area contributed by atoms with Crippen LogP contribution in [0.5, 0.6) is 0 Å². The molecule has 0 radical (unpaired) electrons. The minimum absolute atomic E-state index is 0.115. The number of benzene rings is 1. The highest BCUT2D eigenvalue weighted by Crippen LogP contribution is 2.34. The van der Waals surface area contributed by atoms with Gasteiger partial charge in [-0.1, -0.05) is 36.7 Å². The van der Waals surface area contributed by atoms with Crippen molar-refractivity contribution in [2.45, 2.75) is 38.6 Å². The van der Waals surface area contributed by atoms with Gasteiger partial charge in [-0.3, -0.25) is 0 Å². The van der Waals surface area contributed by atoms with E-state index in [0.717, 1.165) is 28.6 Å². The van der Waals surface area contributed by atoms with Crippen molar-refractivity contribution in [3.8, 4) is 0 Å². The molecule has 0 spiro atoms. The van der Waals surface area contributed by atoms with Crippen LogP contribution >= 0.6 is 22.9 Å². The molecule has 106 valence electrons. The zero-order valence-corrected chi connectivity index (χ0v) is 13.2. The smallest absolute Gasteiger partial charge is 0.115 e. The fourth-order valence-electron chi connectivity index (χ4n) is 2.74. The topological polar surface area (TPSA) is 24.9 Å². The van der Waals surface area contributed by atoms with Crippen molar-refractivity contribution in [2.75, 3.05) is 6.54 Å². The van der Waals surface area contributed by atoms with Crippen molar-refractivity contribution in [1.29, 1.82) is 0 Å². The third kappa shape index (κ3) is 2.76. The molecule has 4 heteroatoms. The minimum atomic E-state index is 0.115. The molecule has 1 aliphatic carbocycles. The van der Waals surface area contributed by atoms with E-state index in [1.807, 2.05) is 29.5 Å². The molecule has 0 aliphatic heterocycles. The summed E-state index contributed by atoms with van der Waals surface area (Å²) in [5.74, 6) is 0. The maximum Gasteiger partial charge on any atom is 0.115 e. The summed E-state index contributed by atoms with van der Waals surface area (Å²) >= 11 is 8.22. The number of hydrogen-bond acceptors (Lipinski definition) is 3. The van der Waals surface area contributed by atoms with Crippen LogP contribution in [0.2, 0.25) is 5.02 Å². The second-order valence-electron chi connectivity index (χ2n) is 5.14. The quantitative estimate of drug-likeness (QED) is 0.907. The lowest BCUT2D eigenvalue weighted by Gasteiger charge is -2.17. The first-order valence-corrected chi connectivity index (χ1v) is 8.45. The predicted molar refractivity (Wildman–Crippen MR) is 85.7 cm³/mol. The Hall–Kier alpha value is -0.900. The molecule has 0 saturated heterocycles. The Kier molecular flexibility index (Phi) is 4.39. The Balaban J connectivity index is 1.98. The molecular formula is C16H19ClN2S. The maximum atomic E-state index is 6.37. The molecule has 0 bridgehead atoms. The molecule has 1 heterocycles. The average molecular weight is 307 g/mol. The summed E-state index contributed by atoms with van der Waals surface area (Å²) in [5.41, 5.74) is 2.44. The Morgan fingerprint density at radius 3 is 2.85 bits per heavy atom. The number of hydrogen-bond donors (Lipinski definition) is 1. The Morgan fingerprint density at radius 2 is 2.10 bits per heavy atom. The van der Waals surface area contributed by atoms with E-state index in [-0.39, 0.29) is 6.04 Å². The van der Waals surface area contributed by atoms with E-state index in [1.165, 1.54) is 29.8 Å². The van der Waals surface area contributed by atoms with Crippen LogP contribution in [0.4, 0.5) is 0 Å². The zero-order valence-electron chi connectivity index (χ0n) is 11.7. The second kappa shape index (κ2) is 6.25. The molecule has 1 unspecified atom stereocenters. The van der Waals surface area contributed by atoms with Gasteiger partial charge in [0.15, 0.2) is 0 Å². The second-order valence-corrected chi connectivity index (χ2v) is 6.66. The van der Waals surface area contributed by atoms with E-state index < -0.39 is 0 Å². The Bertz CT molecular complexity index is 570. The van der Waals surface area contributed by atoms with Crippen LogP contribution in [0, 0.1) is 0 Å². The van der Waals surface area contributed by atoms with Crippen LogP contribution < -0.4 is 5.32 Å². The summed E-state index contributed by atoms with van der Waals surface area (Å²) in [7, 11) is 0. The van der Waals surface area contributed by atoms with Gasteiger partial charge in [-0.05, 0) is 43.9 Å². The van der Waals surface area contributed by atoms with Gasteiger partial charge in [0.05, 0.1) is 11.7 Å². The van der Waals surface area contributed by atoms with Gasteiger partial charge in [-0.25, -0.2) is 4.98 Å². The number of nitrogens with one attached hydrogen (secondary N) is 1. The summed E-state index contributed by atoms with van der Waals surface area (Å²) in [4.78, 5) is 6.36. The largest absolute Gasteiger partial charge is 0.304 e. The average Bonchev–Trinajstić information content (AvgIpc) is 2.89. The summed E-state index contributed by atoms with van der Waals surface area (Å²) in [5, 5.41) is 5.50. The van der Waals surface area contributed by atoms with Crippen molar-refractivity contribution >= 4 is 22.9 Å². The molecule has 1 aromatic heterocycles. The minimum Gasteiger partial charge on any atom is -0.304 e. The van der Waals surface area contributed by atoms with Crippen LogP contribution in [-0.4, -0.2) is 11.5 Å². The number of aromatic nitrogens is 1. The molecule has 1 aliphatic rings. The third-order valence-electron chi connectivity index (χ3n) is 3.73. The first kappa shape index (κ1) is 14.1. The standard InChI is InChI=1S/C16H19ClN2S/c1-2-18-15(11-7-3-4-8-12(11)17)16-19-13-9-5-6-10-14(13)20-16/h3-4,7-8,15,18H,2,5-6,9-10H2,1H3. The predicted octanol–water partition coefficient (Wildman–Crippen LogP) is 4.37. The van der Waals surface area contributed by atoms with Crippen molar-refractivity contribution in [1.82, 2.24) is 10.3 Å². The highest BCUT2D eigenvalue weighted by Gasteiger charge is 2.23. The van der Waals surface area contributed by atoms with Gasteiger partial charge in [0, 0.05) is 9.90 Å². The first-order chi connectivity index (χ1) is 9.79. The van der Waals surface area contributed by atoms with Gasteiger partial charge < -0.3 is 5.32 Å². The van der Waals surface area contributed by atoms with Crippen LogP contribution in [0.25, 0.3) is 0 Å². The fraction of sp³-hybridized carbons (Fsp3) is 0.438. The molecule has 1 aromatic carbocycles. The van der Waals surface area contributed by atoms with E-state index in [0.29, 0.717) is 0 Å². The number of fused-ring (bicyclic) bond motifs is 1. The van der Waals surface area contributed by atoms with E-state index in [1.54, 1.807) is 0 Å². The molecule has 0 saturated carbocycles. The lowest BCUT2D eigenvalue weighted by atomic mass is 10.0. The third-order valence-corrected chi connectivity index (χ3v) is 5.30. The maximum absolute atomic E-state index is 6.37. The highest BCUT2D eigenvalue weighted by atomic mass is 35.5. The van der Waals surface area contributed by atoms with Crippen molar-refractivity contribution < 1.29 is 0 Å². The lowest BCUT2D eigenvalue weighted by Crippen LogP contribution is -2.22. The first-order valence-electron chi connectivity index (χ1n) is 7.26. The summed E-state index contributed by atoms with van der Waals surface area (Å²) in [6.45, 7) is 3.03. The number of nitrogens with zero attached hydrogens (tertiary/aromatic N) is 1. The van der Waals surface area contributed by atoms with Crippen LogP contribution in [-0.2, 0) is 12.8 Å². The summed E-state index contributed by atoms with van der Waals surface area (Å²) in [6.07, 6.45) is 4.89. The molecule has 1 atom stereocenters. The van der Waals surface area contributed by atoms with Crippen LogP contribution in [0.15, 0.2) is 24.3 Å². The van der Waals surface area contributed by atoms with Gasteiger partial charge in [0.1, 0.15) is 5.01 Å². The molecule has 3 rings (SSSR count). The van der Waals surface area contributed by atoms with Crippen molar-refractivity contribution in [3.05, 3.63) is 50.4 Å². The van der Waals surface area contributed by atoms with Crippen LogP contribution in [0.1, 0.15) is 46.9 Å². The Morgan fingerprint density at radius 1 is 1.30 bits per heavy atom. The van der Waals surface area contributed by atoms with Gasteiger partial charge in [0.25, 0.3) is 0 Å². The van der Waals surface area contributed by atoms with Gasteiger partial charge in [-0.15, -0.1) is 11.3 Å². The lowest BCUT2D eigenvalue weighted by molar-refractivity contribution is 0.621. The van der Waals surface area contributed by atoms with Gasteiger partial charge >= 0.3 is 0 Å². The number of thiazole rings is 1. The zero-order chi connectivity index (χ0) is 13.9. The molecule has 20 heavy (non-hydrogen) atoms. The van der Waals surface area contributed by atoms with Gasteiger partial charge in [-0.2, -0.15) is 0 Å². The molecule has 0 amide bonds. The summed E-state index contributed by atoms with van der Waals surface area (Å²) < 4.78 is 0. The van der Waals surface area contributed by atoms with Crippen molar-refractivity contribution in [2.24, 2.45) is 0 Å². The van der Waals surface area contributed by atoms with Gasteiger partial charge in [0.2, 0.25) is 0 Å². The van der Waals surface area contributed by atoms with Crippen LogP contribution in [0.3, 0.4) is 0 Å². The number of aryl methyl sites for hydroxylation is 2. The number of rotatable bonds is 4. The molecular weight excluding hydrogens is 288 g/mol. The Labute approximate surface area is 129 Å². The highest BCUT2D eigenvalue weighted by molar-refractivity contribution is 7.11. The fourth-order valence-corrected chi connectivity index (χ4v) is 4.23. The number of halogens is 1. The normalized spacial score (nSPS) is 15.9. The van der Waals surface area contributed by atoms with E-state index in [2.05, 4.69) is 18.3 Å². The monoisotopic (exact) mass is 306 g/mol. The van der Waals surface area contributed by atoms with Crippen molar-refractivity contribution in [3.63, 3.8) is 0 Å². The molecule has 0 fully saturated rings. The molecule has 2 aromatic rings. The molecule has 1 N–H and O–H groups in total. The van der Waals surface area contributed by atoms with E-state index in [9.17, 15) is 0 Å². The molecule has 2 nitrogen and oxygen atoms in total. The SMILES string of the molecule is CCNC(c1nc2c(s1)CCCC2)c1ccccc1Cl.